The van der Waals surface area contributed by atoms with Gasteiger partial charge in [-0.1, -0.05) is 11.6 Å². The van der Waals surface area contributed by atoms with E-state index in [0.717, 1.165) is 6.07 Å². The van der Waals surface area contributed by atoms with Crippen LogP contribution in [-0.2, 0) is 4.79 Å². The summed E-state index contributed by atoms with van der Waals surface area (Å²) in [6.07, 6.45) is -0.734. The number of ether oxygens (including phenoxy) is 1. The van der Waals surface area contributed by atoms with Gasteiger partial charge in [-0.2, -0.15) is 0 Å². The van der Waals surface area contributed by atoms with Crippen LogP contribution in [0.1, 0.15) is 13.8 Å². The number of carbonyl (C=O) groups excluding carboxylic acids is 1. The molecule has 2 atom stereocenters. The Morgan fingerprint density at radius 3 is 2.78 bits per heavy atom. The largest absolute Gasteiger partial charge is 0.479 e. The molecule has 3 N–H and O–H groups in total. The monoisotopic (exact) mass is 274 g/mol. The molecule has 0 aliphatic heterocycles. The minimum atomic E-state index is -0.734. The van der Waals surface area contributed by atoms with E-state index in [4.69, 9.17) is 22.1 Å². The minimum absolute atomic E-state index is 0.126. The molecule has 0 aliphatic carbocycles. The van der Waals surface area contributed by atoms with E-state index in [2.05, 4.69) is 5.32 Å². The quantitative estimate of drug-likeness (QED) is 0.859. The molecule has 0 radical (unpaired) electrons. The first-order valence-corrected chi connectivity index (χ1v) is 5.94. The molecule has 1 unspecified atom stereocenters. The maximum absolute atomic E-state index is 12.8. The van der Waals surface area contributed by atoms with Gasteiger partial charge in [-0.05, 0) is 32.0 Å². The molecule has 1 amide bonds. The van der Waals surface area contributed by atoms with Gasteiger partial charge >= 0.3 is 0 Å². The van der Waals surface area contributed by atoms with Crippen LogP contribution < -0.4 is 15.8 Å². The van der Waals surface area contributed by atoms with E-state index in [9.17, 15) is 9.18 Å². The Balaban J connectivity index is 2.63. The summed E-state index contributed by atoms with van der Waals surface area (Å²) in [4.78, 5) is 11.7. The van der Waals surface area contributed by atoms with Gasteiger partial charge in [0.25, 0.3) is 5.91 Å². The molecule has 0 heterocycles. The van der Waals surface area contributed by atoms with Crippen molar-refractivity contribution in [2.24, 2.45) is 5.73 Å². The maximum atomic E-state index is 12.8. The predicted octanol–water partition coefficient (Wildman–Crippen LogP) is 1.71. The Bertz CT molecular complexity index is 429. The van der Waals surface area contributed by atoms with E-state index < -0.39 is 11.9 Å². The maximum Gasteiger partial charge on any atom is 0.261 e. The Hall–Kier alpha value is -1.33. The number of hydrogen-bond acceptors (Lipinski definition) is 3. The van der Waals surface area contributed by atoms with E-state index in [1.54, 1.807) is 13.8 Å². The zero-order valence-electron chi connectivity index (χ0n) is 10.2. The van der Waals surface area contributed by atoms with Crippen LogP contribution in [0.3, 0.4) is 0 Å². The number of hydrogen-bond donors (Lipinski definition) is 2. The van der Waals surface area contributed by atoms with Crippen LogP contribution in [0.4, 0.5) is 4.39 Å². The van der Waals surface area contributed by atoms with Gasteiger partial charge in [0.1, 0.15) is 11.6 Å². The Morgan fingerprint density at radius 2 is 2.22 bits per heavy atom. The fraction of sp³-hybridized carbons (Fsp3) is 0.417. The summed E-state index contributed by atoms with van der Waals surface area (Å²) in [5.41, 5.74) is 5.40. The first-order valence-electron chi connectivity index (χ1n) is 5.56. The van der Waals surface area contributed by atoms with Gasteiger partial charge in [-0.25, -0.2) is 4.39 Å². The molecule has 4 nitrogen and oxygen atoms in total. The molecule has 1 aromatic carbocycles. The summed E-state index contributed by atoms with van der Waals surface area (Å²) < 4.78 is 18.2. The van der Waals surface area contributed by atoms with Gasteiger partial charge in [0.05, 0.1) is 5.02 Å². The zero-order chi connectivity index (χ0) is 13.7. The highest BCUT2D eigenvalue weighted by atomic mass is 35.5. The molecular weight excluding hydrogens is 259 g/mol. The van der Waals surface area contributed by atoms with Crippen LogP contribution in [0.15, 0.2) is 18.2 Å². The lowest BCUT2D eigenvalue weighted by Crippen LogP contribution is -2.44. The van der Waals surface area contributed by atoms with Crippen LogP contribution in [0.2, 0.25) is 5.02 Å². The summed E-state index contributed by atoms with van der Waals surface area (Å²) in [6.45, 7) is 3.71. The Morgan fingerprint density at radius 1 is 1.56 bits per heavy atom. The van der Waals surface area contributed by atoms with Crippen LogP contribution >= 0.6 is 11.6 Å². The minimum Gasteiger partial charge on any atom is -0.479 e. The number of amides is 1. The number of benzene rings is 1. The summed E-state index contributed by atoms with van der Waals surface area (Å²) in [7, 11) is 0. The standard InChI is InChI=1S/C12H16ClFN2O2/c1-7(6-15)16-12(17)8(2)18-11-4-3-9(14)5-10(11)13/h3-5,7-8H,6,15H2,1-2H3,(H,16,17)/t7-,8?/m0/s1. The van der Waals surface area contributed by atoms with Crippen LogP contribution in [0, 0.1) is 5.82 Å². The molecule has 0 spiro atoms. The lowest BCUT2D eigenvalue weighted by molar-refractivity contribution is -0.127. The van der Waals surface area contributed by atoms with E-state index >= 15 is 0 Å². The normalized spacial score (nSPS) is 13.8. The smallest absolute Gasteiger partial charge is 0.261 e. The highest BCUT2D eigenvalue weighted by Gasteiger charge is 2.17. The average molecular weight is 275 g/mol. The zero-order valence-corrected chi connectivity index (χ0v) is 11.0. The summed E-state index contributed by atoms with van der Waals surface area (Å²) in [6, 6.07) is 3.60. The highest BCUT2D eigenvalue weighted by molar-refractivity contribution is 6.32. The van der Waals surface area contributed by atoms with Crippen LogP contribution in [-0.4, -0.2) is 24.6 Å². The first-order chi connectivity index (χ1) is 8.43. The topological polar surface area (TPSA) is 64.3 Å². The van der Waals surface area contributed by atoms with Crippen molar-refractivity contribution in [1.82, 2.24) is 5.32 Å². The van der Waals surface area contributed by atoms with E-state index in [1.165, 1.54) is 12.1 Å². The molecule has 0 saturated carbocycles. The molecule has 0 bridgehead atoms. The summed E-state index contributed by atoms with van der Waals surface area (Å²) in [5.74, 6) is -0.490. The average Bonchev–Trinajstić information content (AvgIpc) is 2.32. The summed E-state index contributed by atoms with van der Waals surface area (Å²) in [5, 5.41) is 2.80. The van der Waals surface area contributed by atoms with Crippen molar-refractivity contribution in [1.29, 1.82) is 0 Å². The molecule has 0 fully saturated rings. The lowest BCUT2D eigenvalue weighted by atomic mass is 10.3. The third kappa shape index (κ3) is 4.16. The number of nitrogens with two attached hydrogens (primary N) is 1. The molecular formula is C12H16ClFN2O2. The second kappa shape index (κ2) is 6.56. The second-order valence-corrected chi connectivity index (χ2v) is 4.39. The molecule has 1 aromatic rings. The number of halogens is 2. The Kier molecular flexibility index (Phi) is 5.37. The van der Waals surface area contributed by atoms with Crippen molar-refractivity contribution >= 4 is 17.5 Å². The van der Waals surface area contributed by atoms with Crippen molar-refractivity contribution in [3.63, 3.8) is 0 Å². The molecule has 0 saturated heterocycles. The Labute approximate surface area is 110 Å². The molecule has 100 valence electrons. The number of rotatable bonds is 5. The first kappa shape index (κ1) is 14.7. The van der Waals surface area contributed by atoms with Gasteiger partial charge in [0.2, 0.25) is 0 Å². The third-order valence-electron chi connectivity index (χ3n) is 2.31. The molecule has 6 heteroatoms. The second-order valence-electron chi connectivity index (χ2n) is 3.98. The third-order valence-corrected chi connectivity index (χ3v) is 2.60. The van der Waals surface area contributed by atoms with Crippen molar-refractivity contribution in [2.45, 2.75) is 26.0 Å². The SMILES string of the molecule is CC(Oc1ccc(F)cc1Cl)C(=O)N[C@@H](C)CN. The van der Waals surface area contributed by atoms with Gasteiger partial charge in [-0.15, -0.1) is 0 Å². The lowest BCUT2D eigenvalue weighted by Gasteiger charge is -2.18. The van der Waals surface area contributed by atoms with E-state index in [-0.39, 0.29) is 22.7 Å². The highest BCUT2D eigenvalue weighted by Crippen LogP contribution is 2.25. The number of carbonyl (C=O) groups is 1. The van der Waals surface area contributed by atoms with Crippen molar-refractivity contribution in [3.05, 3.63) is 29.0 Å². The van der Waals surface area contributed by atoms with Gasteiger partial charge < -0.3 is 15.8 Å². The predicted molar refractivity (Wildman–Crippen MR) is 68.2 cm³/mol. The van der Waals surface area contributed by atoms with Crippen LogP contribution in [0.5, 0.6) is 5.75 Å². The van der Waals surface area contributed by atoms with Crippen molar-refractivity contribution in [3.8, 4) is 5.75 Å². The molecule has 18 heavy (non-hydrogen) atoms. The summed E-state index contributed by atoms with van der Waals surface area (Å²) >= 11 is 5.79. The van der Waals surface area contributed by atoms with Gasteiger partial charge in [-0.3, -0.25) is 4.79 Å². The fourth-order valence-corrected chi connectivity index (χ4v) is 1.45. The van der Waals surface area contributed by atoms with Crippen molar-refractivity contribution in [2.75, 3.05) is 6.54 Å². The van der Waals surface area contributed by atoms with Gasteiger partial charge in [0.15, 0.2) is 6.10 Å². The van der Waals surface area contributed by atoms with Crippen LogP contribution in [0.25, 0.3) is 0 Å². The van der Waals surface area contributed by atoms with Crippen molar-refractivity contribution < 1.29 is 13.9 Å². The molecule has 0 aromatic heterocycles. The van der Waals surface area contributed by atoms with E-state index in [0.29, 0.717) is 6.54 Å². The van der Waals surface area contributed by atoms with E-state index in [1.807, 2.05) is 0 Å². The van der Waals surface area contributed by atoms with Gasteiger partial charge in [0, 0.05) is 12.6 Å². The molecule has 1 rings (SSSR count). The number of nitrogens with one attached hydrogen (secondary N) is 1. The fourth-order valence-electron chi connectivity index (χ4n) is 1.23. The molecule has 0 aliphatic rings.